The van der Waals surface area contributed by atoms with Gasteiger partial charge < -0.3 is 4.90 Å². The molecule has 0 fully saturated rings. The number of aliphatic imine (C=N–C) groups is 1. The molecule has 66 valence electrons. The number of rotatable bonds is 0. The zero-order valence-electron chi connectivity index (χ0n) is 6.01. The Bertz CT molecular complexity index is 214. The topological polar surface area (TPSA) is 90.2 Å². The number of hydrogen-bond donors (Lipinski definition) is 2. The van der Waals surface area contributed by atoms with Crippen LogP contribution in [0.1, 0.15) is 0 Å². The Morgan fingerprint density at radius 1 is 1.55 bits per heavy atom. The Morgan fingerprint density at radius 2 is 2.00 bits per heavy atom. The van der Waals surface area contributed by atoms with Crippen LogP contribution < -0.4 is 0 Å². The highest BCUT2D eigenvalue weighted by Crippen LogP contribution is 1.84. The smallest absolute Gasteiger partial charge is 0.364 e. The number of likely N-dealkylation sites (N-methyl/N-ethyl adjacent to an activating group) is 1. The summed E-state index contributed by atoms with van der Waals surface area (Å²) >= 11 is 0. The monoisotopic (exact) mass is 182 g/mol. The summed E-state index contributed by atoms with van der Waals surface area (Å²) in [5, 5.41) is 0. The minimum absolute atomic E-state index is 0.983. The summed E-state index contributed by atoms with van der Waals surface area (Å²) in [4.78, 5) is 6.03. The van der Waals surface area contributed by atoms with Crippen molar-refractivity contribution in [2.45, 2.75) is 0 Å². The molecule has 1 heterocycles. The van der Waals surface area contributed by atoms with Gasteiger partial charge in [-0.3, -0.25) is 14.1 Å². The molecule has 0 saturated heterocycles. The van der Waals surface area contributed by atoms with Gasteiger partial charge in [0.15, 0.2) is 0 Å². The SMILES string of the molecule is CN1C=NCC1.O=S(=O)(O)O. The fourth-order valence-electron chi connectivity index (χ4n) is 0.470. The van der Waals surface area contributed by atoms with Crippen molar-refractivity contribution >= 4 is 16.7 Å². The van der Waals surface area contributed by atoms with Crippen molar-refractivity contribution in [3.8, 4) is 0 Å². The molecule has 0 aliphatic carbocycles. The molecule has 0 atom stereocenters. The van der Waals surface area contributed by atoms with Crippen LogP contribution in [0, 0.1) is 0 Å². The van der Waals surface area contributed by atoms with E-state index in [-0.39, 0.29) is 0 Å². The maximum absolute atomic E-state index is 8.74. The molecule has 11 heavy (non-hydrogen) atoms. The van der Waals surface area contributed by atoms with Crippen LogP contribution in [-0.2, 0) is 10.4 Å². The summed E-state index contributed by atoms with van der Waals surface area (Å²) < 4.78 is 31.6. The molecule has 1 aliphatic heterocycles. The summed E-state index contributed by atoms with van der Waals surface area (Å²) in [5.74, 6) is 0. The van der Waals surface area contributed by atoms with Crippen LogP contribution in [0.5, 0.6) is 0 Å². The van der Waals surface area contributed by atoms with Crippen LogP contribution in [0.4, 0.5) is 0 Å². The van der Waals surface area contributed by atoms with Gasteiger partial charge in [0.1, 0.15) is 0 Å². The van der Waals surface area contributed by atoms with Gasteiger partial charge in [-0.2, -0.15) is 8.42 Å². The predicted octanol–water partition coefficient (Wildman–Crippen LogP) is -0.693. The summed E-state index contributed by atoms with van der Waals surface area (Å²) in [7, 11) is -2.64. The molecule has 0 amide bonds. The second-order valence-electron chi connectivity index (χ2n) is 1.95. The predicted molar refractivity (Wildman–Crippen MR) is 40.2 cm³/mol. The second-order valence-corrected chi connectivity index (χ2v) is 2.85. The first-order chi connectivity index (χ1) is 4.89. The largest absolute Gasteiger partial charge is 0.394 e. The van der Waals surface area contributed by atoms with Gasteiger partial charge in [0.25, 0.3) is 0 Å². The maximum atomic E-state index is 8.74. The van der Waals surface area contributed by atoms with E-state index in [1.165, 1.54) is 0 Å². The Hall–Kier alpha value is -0.660. The summed E-state index contributed by atoms with van der Waals surface area (Å²) in [5.41, 5.74) is 0. The van der Waals surface area contributed by atoms with Crippen LogP contribution in [0.2, 0.25) is 0 Å². The van der Waals surface area contributed by atoms with E-state index in [9.17, 15) is 0 Å². The van der Waals surface area contributed by atoms with E-state index in [4.69, 9.17) is 17.5 Å². The highest BCUT2D eigenvalue weighted by atomic mass is 32.3. The van der Waals surface area contributed by atoms with Crippen molar-refractivity contribution in [2.75, 3.05) is 20.1 Å². The molecule has 0 aromatic heterocycles. The molecule has 0 bridgehead atoms. The third-order valence-electron chi connectivity index (χ3n) is 0.861. The van der Waals surface area contributed by atoms with E-state index in [0.717, 1.165) is 13.1 Å². The Labute approximate surface area is 65.1 Å². The molecule has 1 rings (SSSR count). The number of hydrogen-bond acceptors (Lipinski definition) is 4. The van der Waals surface area contributed by atoms with Gasteiger partial charge in [0.05, 0.1) is 12.9 Å². The minimum Gasteiger partial charge on any atom is -0.364 e. The number of nitrogens with zero attached hydrogens (tertiary/aromatic N) is 2. The fraction of sp³-hybridized carbons (Fsp3) is 0.750. The van der Waals surface area contributed by atoms with Crippen LogP contribution >= 0.6 is 0 Å². The van der Waals surface area contributed by atoms with Crippen LogP contribution in [-0.4, -0.2) is 48.9 Å². The first-order valence-electron chi connectivity index (χ1n) is 2.79. The Kier molecular flexibility index (Phi) is 4.01. The van der Waals surface area contributed by atoms with E-state index < -0.39 is 10.4 Å². The Balaban J connectivity index is 0.000000187. The molecular formula is C4H10N2O4S. The van der Waals surface area contributed by atoms with E-state index in [2.05, 4.69) is 9.89 Å². The normalized spacial score (nSPS) is 16.1. The fourth-order valence-corrected chi connectivity index (χ4v) is 0.470. The van der Waals surface area contributed by atoms with Crippen molar-refractivity contribution in [1.82, 2.24) is 4.90 Å². The molecule has 0 spiro atoms. The second kappa shape index (κ2) is 4.27. The van der Waals surface area contributed by atoms with Crippen LogP contribution in [0.25, 0.3) is 0 Å². The zero-order chi connectivity index (χ0) is 8.91. The minimum atomic E-state index is -4.67. The first-order valence-corrected chi connectivity index (χ1v) is 4.19. The summed E-state index contributed by atoms with van der Waals surface area (Å²) in [6, 6.07) is 0. The lowest BCUT2D eigenvalue weighted by molar-refractivity contribution is 0.381. The van der Waals surface area contributed by atoms with Gasteiger partial charge in [-0.05, 0) is 0 Å². The maximum Gasteiger partial charge on any atom is 0.394 e. The third kappa shape index (κ3) is 12.5. The van der Waals surface area contributed by atoms with Gasteiger partial charge in [0, 0.05) is 13.6 Å². The first kappa shape index (κ1) is 10.3. The van der Waals surface area contributed by atoms with Crippen LogP contribution in [0.15, 0.2) is 4.99 Å². The van der Waals surface area contributed by atoms with Crippen molar-refractivity contribution in [3.63, 3.8) is 0 Å². The molecule has 0 aromatic rings. The van der Waals surface area contributed by atoms with E-state index >= 15 is 0 Å². The standard InChI is InChI=1S/C4H8N2.H2O4S/c1-6-3-2-5-4-6;1-5(2,3)4/h4H,2-3H2,1H3;(H2,1,2,3,4). The molecule has 0 aromatic carbocycles. The molecule has 0 saturated carbocycles. The van der Waals surface area contributed by atoms with Gasteiger partial charge >= 0.3 is 10.4 Å². The van der Waals surface area contributed by atoms with Crippen molar-refractivity contribution in [1.29, 1.82) is 0 Å². The highest BCUT2D eigenvalue weighted by molar-refractivity contribution is 7.79. The van der Waals surface area contributed by atoms with Crippen molar-refractivity contribution < 1.29 is 17.5 Å². The van der Waals surface area contributed by atoms with E-state index in [1.54, 1.807) is 0 Å². The molecule has 7 heteroatoms. The van der Waals surface area contributed by atoms with E-state index in [1.807, 2.05) is 13.4 Å². The summed E-state index contributed by atoms with van der Waals surface area (Å²) in [6.07, 6.45) is 1.86. The van der Waals surface area contributed by atoms with Gasteiger partial charge in [-0.25, -0.2) is 0 Å². The van der Waals surface area contributed by atoms with Crippen molar-refractivity contribution in [3.05, 3.63) is 0 Å². The van der Waals surface area contributed by atoms with Gasteiger partial charge in [-0.15, -0.1) is 0 Å². The molecule has 2 N–H and O–H groups in total. The zero-order valence-corrected chi connectivity index (χ0v) is 6.82. The summed E-state index contributed by atoms with van der Waals surface area (Å²) in [6.45, 7) is 2.08. The van der Waals surface area contributed by atoms with Gasteiger partial charge in [0.2, 0.25) is 0 Å². The molecule has 1 aliphatic rings. The third-order valence-corrected chi connectivity index (χ3v) is 0.861. The lowest BCUT2D eigenvalue weighted by Crippen LogP contribution is -2.11. The van der Waals surface area contributed by atoms with Crippen molar-refractivity contribution in [2.24, 2.45) is 4.99 Å². The van der Waals surface area contributed by atoms with Crippen LogP contribution in [0.3, 0.4) is 0 Å². The van der Waals surface area contributed by atoms with Gasteiger partial charge in [-0.1, -0.05) is 0 Å². The lowest BCUT2D eigenvalue weighted by Gasteiger charge is -1.99. The Morgan fingerprint density at radius 3 is 2.09 bits per heavy atom. The molecular weight excluding hydrogens is 172 g/mol. The lowest BCUT2D eigenvalue weighted by atomic mass is 10.6. The highest BCUT2D eigenvalue weighted by Gasteiger charge is 1.94. The molecule has 0 radical (unpaired) electrons. The molecule has 6 nitrogen and oxygen atoms in total. The van der Waals surface area contributed by atoms with E-state index in [0.29, 0.717) is 0 Å². The average Bonchev–Trinajstić information content (AvgIpc) is 2.12. The molecule has 0 unspecified atom stereocenters. The quantitative estimate of drug-likeness (QED) is 0.484. The average molecular weight is 182 g/mol.